The first-order chi connectivity index (χ1) is 9.55. The summed E-state index contributed by atoms with van der Waals surface area (Å²) in [6, 6.07) is 4.27. The number of carbonyl (C=O) groups is 1. The smallest absolute Gasteiger partial charge is 0.256 e. The number of carbonyl (C=O) groups excluding carboxylic acids is 1. The van der Waals surface area contributed by atoms with Crippen molar-refractivity contribution in [3.63, 3.8) is 0 Å². The molecule has 1 aromatic carbocycles. The maximum absolute atomic E-state index is 13.5. The van der Waals surface area contributed by atoms with E-state index in [0.29, 0.717) is 18.7 Å². The molecule has 1 aliphatic heterocycles. The summed E-state index contributed by atoms with van der Waals surface area (Å²) in [5.74, 6) is 4.56. The van der Waals surface area contributed by atoms with Gasteiger partial charge in [-0.3, -0.25) is 4.79 Å². The molecule has 5 heteroatoms. The maximum Gasteiger partial charge on any atom is 0.256 e. The lowest BCUT2D eigenvalue weighted by Gasteiger charge is -2.21. The molecule has 106 valence electrons. The van der Waals surface area contributed by atoms with Gasteiger partial charge >= 0.3 is 0 Å². The molecule has 0 spiro atoms. The lowest BCUT2D eigenvalue weighted by atomic mass is 10.0. The molecule has 20 heavy (non-hydrogen) atoms. The number of hydrogen-bond acceptors (Lipinski definition) is 3. The van der Waals surface area contributed by atoms with E-state index in [0.717, 1.165) is 6.42 Å². The minimum absolute atomic E-state index is 0.155. The highest BCUT2D eigenvalue weighted by atomic mass is 19.1. The van der Waals surface area contributed by atoms with Gasteiger partial charge in [-0.25, -0.2) is 4.39 Å². The van der Waals surface area contributed by atoms with E-state index >= 15 is 0 Å². The van der Waals surface area contributed by atoms with Crippen molar-refractivity contribution < 1.29 is 13.9 Å². The summed E-state index contributed by atoms with van der Waals surface area (Å²) in [7, 11) is 0. The Kier molecular flexibility index (Phi) is 4.38. The van der Waals surface area contributed by atoms with Gasteiger partial charge in [-0.05, 0) is 38.0 Å². The second-order valence-corrected chi connectivity index (χ2v) is 4.84. The molecule has 0 saturated carbocycles. The van der Waals surface area contributed by atoms with Gasteiger partial charge in [-0.15, -0.1) is 0 Å². The highest BCUT2D eigenvalue weighted by Crippen LogP contribution is 2.26. The van der Waals surface area contributed by atoms with Crippen molar-refractivity contribution in [2.75, 3.05) is 18.5 Å². The number of ether oxygens (including phenoxy) is 1. The summed E-state index contributed by atoms with van der Waals surface area (Å²) in [6.07, 6.45) is 1.54. The van der Waals surface area contributed by atoms with E-state index in [1.54, 1.807) is 6.92 Å². The Labute approximate surface area is 117 Å². The minimum Gasteiger partial charge on any atom is -0.365 e. The van der Waals surface area contributed by atoms with Crippen LogP contribution < -0.4 is 11.1 Å². The van der Waals surface area contributed by atoms with Gasteiger partial charge in [0, 0.05) is 12.3 Å². The Morgan fingerprint density at radius 1 is 1.60 bits per heavy atom. The molecule has 1 atom stereocenters. The van der Waals surface area contributed by atoms with Crippen LogP contribution in [0, 0.1) is 17.7 Å². The van der Waals surface area contributed by atoms with Crippen molar-refractivity contribution in [1.29, 1.82) is 0 Å². The molecular weight excluding hydrogens is 259 g/mol. The maximum atomic E-state index is 13.5. The van der Waals surface area contributed by atoms with Crippen LogP contribution in [0.15, 0.2) is 18.2 Å². The number of benzene rings is 1. The van der Waals surface area contributed by atoms with Gasteiger partial charge < -0.3 is 15.8 Å². The van der Waals surface area contributed by atoms with Crippen molar-refractivity contribution >= 4 is 11.6 Å². The van der Waals surface area contributed by atoms with Gasteiger partial charge in [0.2, 0.25) is 0 Å². The molecule has 1 amide bonds. The Hall–Kier alpha value is -1.90. The molecule has 1 saturated heterocycles. The van der Waals surface area contributed by atoms with E-state index in [1.807, 2.05) is 0 Å². The molecule has 1 unspecified atom stereocenters. The summed E-state index contributed by atoms with van der Waals surface area (Å²) >= 11 is 0. The predicted octanol–water partition coefficient (Wildman–Crippen LogP) is 1.64. The van der Waals surface area contributed by atoms with Gasteiger partial charge in [0.05, 0.1) is 12.1 Å². The first-order valence-electron chi connectivity index (χ1n) is 6.49. The summed E-state index contributed by atoms with van der Waals surface area (Å²) in [6.45, 7) is 2.50. The number of nitrogens with two attached hydrogens (primary N) is 1. The summed E-state index contributed by atoms with van der Waals surface area (Å²) in [5.41, 5.74) is 5.16. The normalized spacial score (nSPS) is 21.1. The van der Waals surface area contributed by atoms with Gasteiger partial charge in [-0.1, -0.05) is 11.8 Å². The molecule has 1 aromatic rings. The Morgan fingerprint density at radius 3 is 3.05 bits per heavy atom. The molecule has 4 nitrogen and oxygen atoms in total. The topological polar surface area (TPSA) is 64.4 Å². The second kappa shape index (κ2) is 6.04. The Bertz CT molecular complexity index is 569. The SMILES string of the molecule is CC1(C(=O)Nc2ccc(F)c(C#CCN)c2)CCCO1. The average molecular weight is 276 g/mol. The number of anilines is 1. The van der Waals surface area contributed by atoms with Crippen LogP contribution >= 0.6 is 0 Å². The fourth-order valence-corrected chi connectivity index (χ4v) is 2.07. The van der Waals surface area contributed by atoms with Crippen LogP contribution in [0.5, 0.6) is 0 Å². The van der Waals surface area contributed by atoms with Gasteiger partial charge in [-0.2, -0.15) is 0 Å². The van der Waals surface area contributed by atoms with Crippen LogP contribution in [0.1, 0.15) is 25.3 Å². The lowest BCUT2D eigenvalue weighted by molar-refractivity contribution is -0.133. The van der Waals surface area contributed by atoms with Crippen LogP contribution in [-0.4, -0.2) is 24.7 Å². The third-order valence-corrected chi connectivity index (χ3v) is 3.25. The fraction of sp³-hybridized carbons (Fsp3) is 0.400. The van der Waals surface area contributed by atoms with Crippen LogP contribution in [0.2, 0.25) is 0 Å². The first-order valence-corrected chi connectivity index (χ1v) is 6.49. The van der Waals surface area contributed by atoms with E-state index in [1.165, 1.54) is 18.2 Å². The summed E-state index contributed by atoms with van der Waals surface area (Å²) in [4.78, 5) is 12.2. The van der Waals surface area contributed by atoms with Crippen LogP contribution in [0.4, 0.5) is 10.1 Å². The van der Waals surface area contributed by atoms with E-state index in [4.69, 9.17) is 10.5 Å². The van der Waals surface area contributed by atoms with Crippen LogP contribution in [-0.2, 0) is 9.53 Å². The van der Waals surface area contributed by atoms with Crippen molar-refractivity contribution in [3.8, 4) is 11.8 Å². The standard InChI is InChI=1S/C15H17FN2O2/c1-15(7-3-9-20-15)14(19)18-12-5-6-13(16)11(10-12)4-2-8-17/h5-6,10H,3,7-9,17H2,1H3,(H,18,19). The van der Waals surface area contributed by atoms with Crippen LogP contribution in [0.25, 0.3) is 0 Å². The van der Waals surface area contributed by atoms with Crippen molar-refractivity contribution in [2.45, 2.75) is 25.4 Å². The highest BCUT2D eigenvalue weighted by Gasteiger charge is 2.37. The van der Waals surface area contributed by atoms with E-state index in [-0.39, 0.29) is 18.0 Å². The number of rotatable bonds is 2. The van der Waals surface area contributed by atoms with E-state index in [9.17, 15) is 9.18 Å². The zero-order valence-electron chi connectivity index (χ0n) is 11.3. The monoisotopic (exact) mass is 276 g/mol. The molecule has 0 aliphatic carbocycles. The molecule has 0 radical (unpaired) electrons. The molecule has 0 aromatic heterocycles. The second-order valence-electron chi connectivity index (χ2n) is 4.84. The molecule has 1 aliphatic rings. The molecule has 3 N–H and O–H groups in total. The number of hydrogen-bond donors (Lipinski definition) is 2. The molecule has 0 bridgehead atoms. The largest absolute Gasteiger partial charge is 0.365 e. The van der Waals surface area contributed by atoms with E-state index in [2.05, 4.69) is 17.2 Å². The quantitative estimate of drug-likeness (QED) is 0.807. The molecule has 1 fully saturated rings. The summed E-state index contributed by atoms with van der Waals surface area (Å²) < 4.78 is 19.0. The Balaban J connectivity index is 2.15. The van der Waals surface area contributed by atoms with Gasteiger partial charge in [0.25, 0.3) is 5.91 Å². The van der Waals surface area contributed by atoms with E-state index < -0.39 is 11.4 Å². The van der Waals surface area contributed by atoms with Crippen molar-refractivity contribution in [2.24, 2.45) is 5.73 Å². The first kappa shape index (κ1) is 14.5. The lowest BCUT2D eigenvalue weighted by Crippen LogP contribution is -2.39. The zero-order chi connectivity index (χ0) is 14.6. The third kappa shape index (κ3) is 3.16. The van der Waals surface area contributed by atoms with Gasteiger partial charge in [0.1, 0.15) is 11.4 Å². The number of halogens is 1. The Morgan fingerprint density at radius 2 is 2.40 bits per heavy atom. The molecular formula is C15H17FN2O2. The third-order valence-electron chi connectivity index (χ3n) is 3.25. The number of amides is 1. The summed E-state index contributed by atoms with van der Waals surface area (Å²) in [5, 5.41) is 2.74. The van der Waals surface area contributed by atoms with Gasteiger partial charge in [0.15, 0.2) is 0 Å². The minimum atomic E-state index is -0.808. The predicted molar refractivity (Wildman–Crippen MR) is 74.6 cm³/mol. The fourth-order valence-electron chi connectivity index (χ4n) is 2.07. The van der Waals surface area contributed by atoms with Crippen LogP contribution in [0.3, 0.4) is 0 Å². The van der Waals surface area contributed by atoms with Crippen molar-refractivity contribution in [1.82, 2.24) is 0 Å². The van der Waals surface area contributed by atoms with Crippen molar-refractivity contribution in [3.05, 3.63) is 29.6 Å². The molecule has 2 rings (SSSR count). The average Bonchev–Trinajstić information content (AvgIpc) is 2.87. The molecule has 1 heterocycles. The number of nitrogens with one attached hydrogen (secondary N) is 1. The highest BCUT2D eigenvalue weighted by molar-refractivity contribution is 5.97. The zero-order valence-corrected chi connectivity index (χ0v) is 11.3.